The molecule has 124 valence electrons. The van der Waals surface area contributed by atoms with Gasteiger partial charge in [0, 0.05) is 21.5 Å². The molecule has 0 radical (unpaired) electrons. The minimum atomic E-state index is 0.406. The van der Waals surface area contributed by atoms with Crippen molar-refractivity contribution in [3.63, 3.8) is 0 Å². The molecule has 1 aliphatic carbocycles. The Morgan fingerprint density at radius 1 is 1.12 bits per heavy atom. The number of hydrogen-bond acceptors (Lipinski definition) is 4. The van der Waals surface area contributed by atoms with Crippen LogP contribution in [0.25, 0.3) is 11.5 Å². The molecule has 0 atom stereocenters. The molecule has 2 heterocycles. The predicted molar refractivity (Wildman–Crippen MR) is 95.6 cm³/mol. The summed E-state index contributed by atoms with van der Waals surface area (Å²) in [5.74, 6) is 2.44. The van der Waals surface area contributed by atoms with Crippen molar-refractivity contribution in [3.05, 3.63) is 46.0 Å². The number of aromatic nitrogens is 4. The molecular formula is C17H17Cl2N5. The van der Waals surface area contributed by atoms with Gasteiger partial charge < -0.3 is 10.3 Å². The van der Waals surface area contributed by atoms with Gasteiger partial charge in [0.05, 0.1) is 12.9 Å². The third-order valence-corrected chi connectivity index (χ3v) is 5.33. The third-order valence-electron chi connectivity index (χ3n) is 4.62. The molecule has 1 aromatic rings. The SMILES string of the molecule is Nc1ncn(Cc2c(Cl)cccc2Cl)c2nc(C3CCCC3)nc1-2. The zero-order chi connectivity index (χ0) is 16.7. The molecule has 0 unspecified atom stereocenters. The number of anilines is 1. The third kappa shape index (κ3) is 2.72. The van der Waals surface area contributed by atoms with Crippen molar-refractivity contribution in [2.24, 2.45) is 0 Å². The van der Waals surface area contributed by atoms with E-state index in [2.05, 4.69) is 9.97 Å². The molecular weight excluding hydrogens is 345 g/mol. The van der Waals surface area contributed by atoms with E-state index in [4.69, 9.17) is 33.9 Å². The molecule has 2 aliphatic heterocycles. The standard InChI is InChI=1S/C17H17Cl2N5/c18-12-6-3-7-13(19)11(12)8-24-9-21-15(20)14-17(24)23-16(22-14)10-4-1-2-5-10/h3,6-7,9-10H,1-2,4-5,8,20H2. The Morgan fingerprint density at radius 2 is 1.83 bits per heavy atom. The largest absolute Gasteiger partial charge is 0.382 e. The minimum absolute atomic E-state index is 0.406. The highest BCUT2D eigenvalue weighted by Gasteiger charge is 2.26. The molecule has 5 nitrogen and oxygen atoms in total. The highest BCUT2D eigenvalue weighted by Crippen LogP contribution is 2.36. The van der Waals surface area contributed by atoms with E-state index >= 15 is 0 Å². The van der Waals surface area contributed by atoms with Crippen molar-refractivity contribution < 1.29 is 0 Å². The maximum absolute atomic E-state index is 6.29. The molecule has 0 spiro atoms. The number of benzene rings is 1. The second-order valence-electron chi connectivity index (χ2n) is 6.19. The van der Waals surface area contributed by atoms with Crippen LogP contribution in [-0.2, 0) is 6.54 Å². The highest BCUT2D eigenvalue weighted by molar-refractivity contribution is 6.35. The number of nitrogens with two attached hydrogens (primary N) is 1. The van der Waals surface area contributed by atoms with Crippen LogP contribution in [0.5, 0.6) is 0 Å². The molecule has 1 aromatic carbocycles. The maximum Gasteiger partial charge on any atom is 0.166 e. The van der Waals surface area contributed by atoms with E-state index in [1.807, 2.05) is 22.8 Å². The number of halogens is 2. The molecule has 0 aromatic heterocycles. The Kier molecular flexibility index (Phi) is 4.06. The van der Waals surface area contributed by atoms with Crippen LogP contribution in [0.15, 0.2) is 24.5 Å². The van der Waals surface area contributed by atoms with E-state index < -0.39 is 0 Å². The quantitative estimate of drug-likeness (QED) is 0.751. The van der Waals surface area contributed by atoms with Crippen LogP contribution in [0.4, 0.5) is 5.82 Å². The fourth-order valence-corrected chi connectivity index (χ4v) is 3.82. The lowest BCUT2D eigenvalue weighted by molar-refractivity contribution is 0.677. The molecule has 2 N–H and O–H groups in total. The minimum Gasteiger partial charge on any atom is -0.382 e. The van der Waals surface area contributed by atoms with Crippen molar-refractivity contribution in [1.82, 2.24) is 19.5 Å². The summed E-state index contributed by atoms with van der Waals surface area (Å²) in [5.41, 5.74) is 7.50. The summed E-state index contributed by atoms with van der Waals surface area (Å²) in [4.78, 5) is 13.7. The Morgan fingerprint density at radius 3 is 2.54 bits per heavy atom. The Balaban J connectivity index is 1.77. The monoisotopic (exact) mass is 361 g/mol. The lowest BCUT2D eigenvalue weighted by atomic mass is 10.1. The van der Waals surface area contributed by atoms with Crippen molar-refractivity contribution in [1.29, 1.82) is 0 Å². The summed E-state index contributed by atoms with van der Waals surface area (Å²) in [6.07, 6.45) is 6.42. The summed E-state index contributed by atoms with van der Waals surface area (Å²) >= 11 is 12.6. The summed E-state index contributed by atoms with van der Waals surface area (Å²) in [5, 5.41) is 1.24. The number of hydrogen-bond donors (Lipinski definition) is 1. The Bertz CT molecular complexity index is 834. The normalized spacial score (nSPS) is 15.4. The first kappa shape index (κ1) is 15.7. The molecule has 0 saturated heterocycles. The van der Waals surface area contributed by atoms with Crippen LogP contribution in [0.2, 0.25) is 10.0 Å². The Labute approximate surface area is 150 Å². The Hall–Kier alpha value is -1.85. The van der Waals surface area contributed by atoms with Gasteiger partial charge in [0.15, 0.2) is 17.3 Å². The molecule has 4 rings (SSSR count). The molecule has 0 amide bonds. The van der Waals surface area contributed by atoms with Gasteiger partial charge in [-0.25, -0.2) is 15.0 Å². The average Bonchev–Trinajstić information content (AvgIpc) is 3.22. The molecule has 1 saturated carbocycles. The van der Waals surface area contributed by atoms with E-state index in [9.17, 15) is 0 Å². The fourth-order valence-electron chi connectivity index (χ4n) is 3.31. The van der Waals surface area contributed by atoms with Gasteiger partial charge >= 0.3 is 0 Å². The number of nitrogens with zero attached hydrogens (tertiary/aromatic N) is 4. The first-order chi connectivity index (χ1) is 11.6. The van der Waals surface area contributed by atoms with Gasteiger partial charge in [-0.3, -0.25) is 0 Å². The van der Waals surface area contributed by atoms with Crippen molar-refractivity contribution >= 4 is 29.0 Å². The first-order valence-corrected chi connectivity index (χ1v) is 8.80. The van der Waals surface area contributed by atoms with Crippen molar-refractivity contribution in [3.8, 4) is 11.5 Å². The zero-order valence-corrected chi connectivity index (χ0v) is 14.6. The van der Waals surface area contributed by atoms with Crippen LogP contribution >= 0.6 is 23.2 Å². The lowest BCUT2D eigenvalue weighted by Crippen LogP contribution is -2.09. The van der Waals surface area contributed by atoms with Crippen LogP contribution in [0, 0.1) is 0 Å². The average molecular weight is 362 g/mol. The van der Waals surface area contributed by atoms with Crippen LogP contribution in [-0.4, -0.2) is 19.5 Å². The summed E-state index contributed by atoms with van der Waals surface area (Å²) < 4.78 is 1.91. The lowest BCUT2D eigenvalue weighted by Gasteiger charge is -2.13. The van der Waals surface area contributed by atoms with E-state index in [-0.39, 0.29) is 0 Å². The van der Waals surface area contributed by atoms with Crippen LogP contribution < -0.4 is 5.73 Å². The molecule has 24 heavy (non-hydrogen) atoms. The van der Waals surface area contributed by atoms with Gasteiger partial charge in [-0.2, -0.15) is 0 Å². The van der Waals surface area contributed by atoms with Gasteiger partial charge in [-0.1, -0.05) is 42.1 Å². The number of nitrogen functional groups attached to an aromatic ring is 1. The van der Waals surface area contributed by atoms with Crippen molar-refractivity contribution in [2.45, 2.75) is 38.1 Å². The fraction of sp³-hybridized carbons (Fsp3) is 0.353. The van der Waals surface area contributed by atoms with E-state index in [0.29, 0.717) is 34.0 Å². The smallest absolute Gasteiger partial charge is 0.166 e. The number of rotatable bonds is 3. The highest BCUT2D eigenvalue weighted by atomic mass is 35.5. The summed E-state index contributed by atoms with van der Waals surface area (Å²) in [7, 11) is 0. The van der Waals surface area contributed by atoms with Crippen molar-refractivity contribution in [2.75, 3.05) is 5.73 Å². The molecule has 3 aliphatic rings. The molecule has 0 bridgehead atoms. The molecule has 1 fully saturated rings. The van der Waals surface area contributed by atoms with Gasteiger partial charge in [0.25, 0.3) is 0 Å². The number of fused-ring (bicyclic) bond motifs is 1. The van der Waals surface area contributed by atoms with Gasteiger partial charge in [-0.15, -0.1) is 0 Å². The van der Waals surface area contributed by atoms with Gasteiger partial charge in [0.2, 0.25) is 0 Å². The van der Waals surface area contributed by atoms with Gasteiger partial charge in [0.1, 0.15) is 5.82 Å². The second kappa shape index (κ2) is 6.22. The predicted octanol–water partition coefficient (Wildman–Crippen LogP) is 4.37. The van der Waals surface area contributed by atoms with E-state index in [1.165, 1.54) is 12.8 Å². The van der Waals surface area contributed by atoms with E-state index in [1.54, 1.807) is 6.33 Å². The van der Waals surface area contributed by atoms with E-state index in [0.717, 1.165) is 30.1 Å². The molecule has 7 heteroatoms. The van der Waals surface area contributed by atoms with Crippen LogP contribution in [0.1, 0.15) is 43.0 Å². The zero-order valence-electron chi connectivity index (χ0n) is 13.0. The maximum atomic E-state index is 6.29. The number of imidazole rings is 1. The first-order valence-electron chi connectivity index (χ1n) is 8.04. The summed E-state index contributed by atoms with van der Waals surface area (Å²) in [6, 6.07) is 5.48. The van der Waals surface area contributed by atoms with Crippen LogP contribution in [0.3, 0.4) is 0 Å². The summed E-state index contributed by atoms with van der Waals surface area (Å²) in [6.45, 7) is 0.477. The second-order valence-corrected chi connectivity index (χ2v) is 7.01. The van der Waals surface area contributed by atoms with Gasteiger partial charge in [-0.05, 0) is 25.0 Å². The topological polar surface area (TPSA) is 69.6 Å².